The number of aliphatic hydroxyl groups excluding tert-OH is 10. The summed E-state index contributed by atoms with van der Waals surface area (Å²) in [7, 11) is 1.61. The van der Waals surface area contributed by atoms with Crippen molar-refractivity contribution in [1.29, 1.82) is 0 Å². The molecule has 2 fully saturated rings. The molecule has 0 aliphatic carbocycles. The van der Waals surface area contributed by atoms with Crippen LogP contribution in [0.2, 0.25) is 0 Å². The van der Waals surface area contributed by atoms with Gasteiger partial charge in [0.2, 0.25) is 0 Å². The Morgan fingerprint density at radius 3 is 1.36 bits per heavy atom. The number of aromatic amines is 1. The number of β-amino-alcohol motifs (C(OH)–C–C–N with tert-alkyl or cyclic N) is 3. The van der Waals surface area contributed by atoms with Gasteiger partial charge in [-0.1, -0.05) is 190 Å². The number of ether oxygens (including phenoxy) is 4. The van der Waals surface area contributed by atoms with Gasteiger partial charge in [-0.15, -0.1) is 0 Å². The van der Waals surface area contributed by atoms with Gasteiger partial charge >= 0.3 is 0 Å². The molecular formula is C85H124N6O16. The quantitative estimate of drug-likeness (QED) is 0.0154. The van der Waals surface area contributed by atoms with E-state index in [1.165, 1.54) is 54.6 Å². The minimum atomic E-state index is -0.320. The molecule has 0 radical (unpaired) electrons. The van der Waals surface area contributed by atoms with Crippen LogP contribution in [0.15, 0.2) is 200 Å². The summed E-state index contributed by atoms with van der Waals surface area (Å²) in [4.78, 5) is 35.9. The molecule has 0 atom stereocenters. The Balaban J connectivity index is 0.000000406. The van der Waals surface area contributed by atoms with Crippen LogP contribution in [0.1, 0.15) is 124 Å². The lowest BCUT2D eigenvalue weighted by Gasteiger charge is -2.25. The molecule has 107 heavy (non-hydrogen) atoms. The molecule has 0 unspecified atom stereocenters. The van der Waals surface area contributed by atoms with Gasteiger partial charge in [-0.25, -0.2) is 4.98 Å². The Hall–Kier alpha value is -8.11. The number of H-pyrrole nitrogens is 1. The number of carbonyl (C=O) groups excluding carboxylic acids is 2. The number of aliphatic hydroxyl groups is 10. The molecule has 1 aromatic heterocycles. The van der Waals surface area contributed by atoms with Crippen LogP contribution in [0.5, 0.6) is 11.5 Å². The number of imide groups is 1. The van der Waals surface area contributed by atoms with E-state index in [2.05, 4.69) is 74.9 Å². The second-order valence-electron chi connectivity index (χ2n) is 24.7. The number of hydrogen-bond donors (Lipinski definition) is 12. The summed E-state index contributed by atoms with van der Waals surface area (Å²) in [5.41, 5.74) is 8.94. The van der Waals surface area contributed by atoms with Gasteiger partial charge in [0.05, 0.1) is 102 Å². The fourth-order valence-corrected chi connectivity index (χ4v) is 10.3. The number of hydrogen-bond acceptors (Lipinski definition) is 20. The van der Waals surface area contributed by atoms with Crippen molar-refractivity contribution in [2.24, 2.45) is 0 Å². The number of fused-ring (bicyclic) bond motifs is 1. The average molecular weight is 1490 g/mol. The van der Waals surface area contributed by atoms with Crippen molar-refractivity contribution >= 4 is 11.8 Å². The predicted octanol–water partition coefficient (Wildman–Crippen LogP) is 8.92. The molecule has 0 saturated carbocycles. The van der Waals surface area contributed by atoms with E-state index >= 15 is 0 Å². The summed E-state index contributed by atoms with van der Waals surface area (Å²) in [6.07, 6.45) is 9.16. The minimum absolute atomic E-state index is 0.0547. The molecule has 11 rings (SSSR count). The number of methoxy groups -OCH3 is 1. The minimum Gasteiger partial charge on any atom is -0.491 e. The second kappa shape index (κ2) is 63.9. The lowest BCUT2D eigenvalue weighted by Crippen LogP contribution is -2.44. The largest absolute Gasteiger partial charge is 0.491 e. The van der Waals surface area contributed by atoms with E-state index < -0.39 is 0 Å². The number of imidazole rings is 1. The van der Waals surface area contributed by atoms with Crippen LogP contribution in [0.4, 0.5) is 0 Å². The van der Waals surface area contributed by atoms with Crippen LogP contribution in [0, 0.1) is 6.92 Å². The number of para-hydroxylation sites is 1. The maximum absolute atomic E-state index is 11.6. The summed E-state index contributed by atoms with van der Waals surface area (Å²) < 4.78 is 19.8. The lowest BCUT2D eigenvalue weighted by molar-refractivity contribution is 0.0500. The third-order valence-electron chi connectivity index (χ3n) is 16.1. The molecule has 2 saturated heterocycles. The molecule has 22 nitrogen and oxygen atoms in total. The Morgan fingerprint density at radius 1 is 0.467 bits per heavy atom. The summed E-state index contributed by atoms with van der Waals surface area (Å²) in [5.74, 6) is 2.64. The van der Waals surface area contributed by atoms with E-state index in [1.54, 1.807) is 37.6 Å². The number of benzene rings is 7. The van der Waals surface area contributed by atoms with Crippen LogP contribution < -0.4 is 14.8 Å². The Morgan fingerprint density at radius 2 is 0.925 bits per heavy atom. The van der Waals surface area contributed by atoms with E-state index in [1.807, 2.05) is 153 Å². The maximum atomic E-state index is 11.6. The first kappa shape index (κ1) is 95.0. The number of piperazine rings is 1. The first-order valence-electron chi connectivity index (χ1n) is 37.1. The normalized spacial score (nSPS) is 12.6. The maximum Gasteiger partial charge on any atom is 0.261 e. The van der Waals surface area contributed by atoms with Gasteiger partial charge in [0, 0.05) is 71.9 Å². The van der Waals surface area contributed by atoms with Gasteiger partial charge in [-0.2, -0.15) is 0 Å². The van der Waals surface area contributed by atoms with Crippen LogP contribution >= 0.6 is 0 Å². The van der Waals surface area contributed by atoms with Crippen molar-refractivity contribution in [2.75, 3.05) is 159 Å². The highest BCUT2D eigenvalue weighted by Gasteiger charge is 2.34. The molecule has 0 spiro atoms. The zero-order valence-electron chi connectivity index (χ0n) is 63.8. The van der Waals surface area contributed by atoms with E-state index in [0.29, 0.717) is 63.3 Å². The number of carbonyl (C=O) groups is 2. The zero-order chi connectivity index (χ0) is 78.2. The topological polar surface area (TPSA) is 324 Å². The third kappa shape index (κ3) is 44.1. The molecule has 8 aromatic rings. The molecule has 12 N–H and O–H groups in total. The third-order valence-corrected chi connectivity index (χ3v) is 16.1. The van der Waals surface area contributed by atoms with E-state index in [0.717, 1.165) is 104 Å². The van der Waals surface area contributed by atoms with Crippen molar-refractivity contribution in [1.82, 2.24) is 30.0 Å². The standard InChI is InChI=1S/C14H14O.C11H16O.C10H9NO3.C9H12O2.C8H14N2O.C8H10O2.C8H10O.C6H14N2O.C6H13NO.C5H12O3/c15-11-14(12-7-3-1-4-8-12)13-9-5-2-6-10-13;1-9(2)11-5-3-10(4-6-11)7-8-12;12-6-5-11-9(13)7-3-1-2-4-8(7)10(11)14;1-8-2-4-9(5-3-8)11-7-6-10;1-2-3-4-8-9-5-7(6-11)10-8;9-6-7-10-8-4-2-1-3-5-8;9-7-6-8-4-2-1-3-5-8;9-6-5-8-3-1-7-2-4-8;8-6-5-7-3-1-2-4-7;1-7-4-5-8-3-2-6/h1-10,14-15H,11H2;3-6,9,12H,7-8H2,1-2H3;1-4,12H,5-6H2;2-5,10H,6-7H2,1H3;5,11H,2-4,6H2,1H3,(H,9,10);1-5,9H,6-7H2;1-5,9H,6-7H2;7,9H,1-6H2;8H,1-6H2;6H,2-5H2,1H3. The van der Waals surface area contributed by atoms with Gasteiger partial charge in [0.15, 0.2) is 0 Å². The molecule has 3 aliphatic rings. The predicted molar refractivity (Wildman–Crippen MR) is 424 cm³/mol. The van der Waals surface area contributed by atoms with Crippen LogP contribution in [-0.4, -0.2) is 246 Å². The molecule has 4 heterocycles. The number of rotatable bonds is 29. The second-order valence-corrected chi connectivity index (χ2v) is 24.7. The highest BCUT2D eigenvalue weighted by atomic mass is 16.5. The monoisotopic (exact) mass is 1480 g/mol. The zero-order valence-corrected chi connectivity index (χ0v) is 63.8. The number of aromatic nitrogens is 2. The van der Waals surface area contributed by atoms with Gasteiger partial charge in [0.1, 0.15) is 30.5 Å². The number of unbranched alkanes of at least 4 members (excludes halogenated alkanes) is 1. The molecule has 590 valence electrons. The molecule has 2 amide bonds. The fraction of sp³-hybridized carbons (Fsp3) is 0.447. The first-order chi connectivity index (χ1) is 52.2. The van der Waals surface area contributed by atoms with Crippen molar-refractivity contribution in [3.63, 3.8) is 0 Å². The van der Waals surface area contributed by atoms with Crippen molar-refractivity contribution < 1.29 is 79.6 Å². The van der Waals surface area contributed by atoms with E-state index in [9.17, 15) is 14.7 Å². The van der Waals surface area contributed by atoms with Gasteiger partial charge in [0.25, 0.3) is 11.8 Å². The highest BCUT2D eigenvalue weighted by Crippen LogP contribution is 2.24. The van der Waals surface area contributed by atoms with Gasteiger partial charge in [-0.05, 0) is 122 Å². The molecule has 0 bridgehead atoms. The number of nitrogens with zero attached hydrogens (tertiary/aromatic N) is 4. The Kier molecular flexibility index (Phi) is 56.7. The molecule has 3 aliphatic heterocycles. The van der Waals surface area contributed by atoms with Gasteiger partial charge < -0.3 is 85.2 Å². The van der Waals surface area contributed by atoms with Crippen molar-refractivity contribution in [2.45, 2.75) is 91.1 Å². The Labute approximate surface area is 635 Å². The summed E-state index contributed by atoms with van der Waals surface area (Å²) in [5, 5.41) is 89.4. The van der Waals surface area contributed by atoms with Crippen molar-refractivity contribution in [3.05, 3.63) is 256 Å². The molecule has 7 aromatic carbocycles. The number of likely N-dealkylation sites (tertiary alicyclic amines) is 1. The SMILES string of the molecule is CC(C)c1ccc(CCO)cc1.CCCCc1ncc(CO)[nH]1.COCCOCCO.Cc1ccc(OCCO)cc1.O=C1c2ccccc2C(=O)N1CCO.OCC(c1ccccc1)c1ccccc1.OCCN1CCCC1.OCCN1CCNCC1.OCCOc1ccccc1.OCCc1ccccc1. The lowest BCUT2D eigenvalue weighted by atomic mass is 9.92. The molecular weight excluding hydrogens is 1360 g/mol. The van der Waals surface area contributed by atoms with E-state index in [-0.39, 0.29) is 77.1 Å². The van der Waals surface area contributed by atoms with Crippen LogP contribution in [-0.2, 0) is 35.3 Å². The van der Waals surface area contributed by atoms with E-state index in [4.69, 9.17) is 60.2 Å². The number of amides is 2. The number of nitrogens with one attached hydrogen (secondary N) is 2. The molecule has 22 heteroatoms. The smallest absolute Gasteiger partial charge is 0.261 e. The fourth-order valence-electron chi connectivity index (χ4n) is 10.3. The van der Waals surface area contributed by atoms with Crippen LogP contribution in [0.3, 0.4) is 0 Å². The Bertz CT molecular complexity index is 3250. The first-order valence-corrected chi connectivity index (χ1v) is 37.1. The van der Waals surface area contributed by atoms with Crippen LogP contribution in [0.25, 0.3) is 0 Å². The summed E-state index contributed by atoms with van der Waals surface area (Å²) in [6.45, 7) is 20.6. The average Bonchev–Trinajstić information content (AvgIpc) is 1.65. The van der Waals surface area contributed by atoms with Gasteiger partial charge in [-0.3, -0.25) is 19.4 Å². The number of aryl methyl sites for hydroxylation is 2. The summed E-state index contributed by atoms with van der Waals surface area (Å²) in [6, 6.07) is 62.4. The summed E-state index contributed by atoms with van der Waals surface area (Å²) >= 11 is 0. The van der Waals surface area contributed by atoms with Crippen molar-refractivity contribution in [3.8, 4) is 11.5 Å². The highest BCUT2D eigenvalue weighted by molar-refractivity contribution is 6.21.